The quantitative estimate of drug-likeness (QED) is 0.775. The molecular weight excluding hydrogens is 202 g/mol. The predicted octanol–water partition coefficient (Wildman–Crippen LogP) is 1.34. The lowest BCUT2D eigenvalue weighted by molar-refractivity contribution is 0.844. The summed E-state index contributed by atoms with van der Waals surface area (Å²) in [7, 11) is 0. The molecule has 2 heterocycles. The highest BCUT2D eigenvalue weighted by Crippen LogP contribution is 2.13. The molecule has 0 unspecified atom stereocenters. The van der Waals surface area contributed by atoms with Gasteiger partial charge in [-0.05, 0) is 19.9 Å². The minimum absolute atomic E-state index is 0.474. The zero-order valence-electron chi connectivity index (χ0n) is 9.10. The van der Waals surface area contributed by atoms with Gasteiger partial charge in [-0.3, -0.25) is 0 Å². The molecule has 0 aliphatic rings. The van der Waals surface area contributed by atoms with Crippen molar-refractivity contribution in [1.82, 2.24) is 14.8 Å². The van der Waals surface area contributed by atoms with Gasteiger partial charge in [-0.15, -0.1) is 5.10 Å². The summed E-state index contributed by atoms with van der Waals surface area (Å²) < 4.78 is 1.58. The summed E-state index contributed by atoms with van der Waals surface area (Å²) in [5.41, 5.74) is 7.90. The first-order valence-electron chi connectivity index (χ1n) is 4.81. The van der Waals surface area contributed by atoms with E-state index in [-0.39, 0.29) is 0 Å². The van der Waals surface area contributed by atoms with Crippen LogP contribution in [0.25, 0.3) is 5.82 Å². The summed E-state index contributed by atoms with van der Waals surface area (Å²) in [6, 6.07) is 5.49. The van der Waals surface area contributed by atoms with Gasteiger partial charge >= 0.3 is 0 Å². The highest BCUT2D eigenvalue weighted by atomic mass is 15.3. The van der Waals surface area contributed by atoms with Gasteiger partial charge in [0.25, 0.3) is 0 Å². The lowest BCUT2D eigenvalue weighted by Crippen LogP contribution is -2.01. The largest absolute Gasteiger partial charge is 0.382 e. The number of rotatable bonds is 1. The minimum atomic E-state index is 0.474. The molecule has 0 aliphatic carbocycles. The van der Waals surface area contributed by atoms with E-state index in [0.29, 0.717) is 17.2 Å². The molecule has 0 aromatic carbocycles. The summed E-state index contributed by atoms with van der Waals surface area (Å²) in [5.74, 6) is 1.08. The van der Waals surface area contributed by atoms with Crippen LogP contribution < -0.4 is 5.73 Å². The predicted molar refractivity (Wildman–Crippen MR) is 60.0 cm³/mol. The summed E-state index contributed by atoms with van der Waals surface area (Å²) >= 11 is 0. The van der Waals surface area contributed by atoms with Crippen molar-refractivity contribution < 1.29 is 0 Å². The number of hydrogen-bond acceptors (Lipinski definition) is 4. The standard InChI is InChI=1S/C11H11N5/c1-7-6-16(15-11(7)13)10-4-9(5-12)3-8(2)14-10/h3-4,6H,1-2H3,(H2,13,15). The normalized spacial score (nSPS) is 10.1. The zero-order chi connectivity index (χ0) is 11.7. The Balaban J connectivity index is 2.56. The van der Waals surface area contributed by atoms with Crippen molar-refractivity contribution in [2.75, 3.05) is 5.73 Å². The van der Waals surface area contributed by atoms with Crippen molar-refractivity contribution in [2.45, 2.75) is 13.8 Å². The van der Waals surface area contributed by atoms with Crippen LogP contribution in [0.2, 0.25) is 0 Å². The van der Waals surface area contributed by atoms with Gasteiger partial charge < -0.3 is 5.73 Å². The molecule has 2 rings (SSSR count). The Bertz CT molecular complexity index is 557. The van der Waals surface area contributed by atoms with Gasteiger partial charge in [0.2, 0.25) is 0 Å². The molecule has 5 heteroatoms. The molecule has 2 aromatic heterocycles. The van der Waals surface area contributed by atoms with Crippen molar-refractivity contribution in [2.24, 2.45) is 0 Å². The fourth-order valence-electron chi connectivity index (χ4n) is 1.42. The maximum absolute atomic E-state index is 8.86. The molecule has 5 nitrogen and oxygen atoms in total. The van der Waals surface area contributed by atoms with Crippen LogP contribution in [0.1, 0.15) is 16.8 Å². The number of aryl methyl sites for hydroxylation is 2. The lowest BCUT2D eigenvalue weighted by Gasteiger charge is -2.02. The lowest BCUT2D eigenvalue weighted by atomic mass is 10.2. The van der Waals surface area contributed by atoms with Crippen LogP contribution in [-0.2, 0) is 0 Å². The Hall–Kier alpha value is -2.35. The summed E-state index contributed by atoms with van der Waals surface area (Å²) in [5, 5.41) is 13.0. The first-order valence-corrected chi connectivity index (χ1v) is 4.81. The van der Waals surface area contributed by atoms with Crippen LogP contribution >= 0.6 is 0 Å². The molecule has 0 fully saturated rings. The van der Waals surface area contributed by atoms with E-state index < -0.39 is 0 Å². The summed E-state index contributed by atoms with van der Waals surface area (Å²) in [4.78, 5) is 4.30. The molecule has 0 bridgehead atoms. The Labute approximate surface area is 93.1 Å². The molecular formula is C11H11N5. The van der Waals surface area contributed by atoms with Gasteiger partial charge in [-0.2, -0.15) is 5.26 Å². The smallest absolute Gasteiger partial charge is 0.154 e. The number of anilines is 1. The van der Waals surface area contributed by atoms with Gasteiger partial charge in [0, 0.05) is 23.5 Å². The van der Waals surface area contributed by atoms with E-state index in [1.807, 2.05) is 13.8 Å². The van der Waals surface area contributed by atoms with Gasteiger partial charge in [0.15, 0.2) is 5.82 Å². The second kappa shape index (κ2) is 3.66. The Kier molecular flexibility index (Phi) is 2.33. The monoisotopic (exact) mass is 213 g/mol. The van der Waals surface area contributed by atoms with Crippen LogP contribution in [0.3, 0.4) is 0 Å². The molecule has 0 saturated carbocycles. The zero-order valence-corrected chi connectivity index (χ0v) is 9.10. The number of nitrogen functional groups attached to an aromatic ring is 1. The van der Waals surface area contributed by atoms with Crippen LogP contribution in [0.4, 0.5) is 5.82 Å². The maximum Gasteiger partial charge on any atom is 0.154 e. The number of nitriles is 1. The highest BCUT2D eigenvalue weighted by molar-refractivity contribution is 5.42. The van der Waals surface area contributed by atoms with E-state index in [9.17, 15) is 0 Å². The molecule has 16 heavy (non-hydrogen) atoms. The number of hydrogen-bond donors (Lipinski definition) is 1. The fourth-order valence-corrected chi connectivity index (χ4v) is 1.42. The van der Waals surface area contributed by atoms with E-state index in [0.717, 1.165) is 11.3 Å². The van der Waals surface area contributed by atoms with E-state index in [4.69, 9.17) is 11.0 Å². The topological polar surface area (TPSA) is 80.5 Å². The van der Waals surface area contributed by atoms with Crippen LogP contribution in [0, 0.1) is 25.2 Å². The summed E-state index contributed by atoms with van der Waals surface area (Å²) in [6.07, 6.45) is 1.79. The Morgan fingerprint density at radius 1 is 1.38 bits per heavy atom. The molecule has 0 amide bonds. The average molecular weight is 213 g/mol. The van der Waals surface area contributed by atoms with Crippen LogP contribution in [0.5, 0.6) is 0 Å². The number of pyridine rings is 1. The van der Waals surface area contributed by atoms with Gasteiger partial charge in [-0.25, -0.2) is 9.67 Å². The van der Waals surface area contributed by atoms with Crippen molar-refractivity contribution in [3.63, 3.8) is 0 Å². The van der Waals surface area contributed by atoms with E-state index in [1.165, 1.54) is 0 Å². The SMILES string of the molecule is Cc1cc(C#N)cc(-n2cc(C)c(N)n2)n1. The average Bonchev–Trinajstić information content (AvgIpc) is 2.58. The molecule has 0 spiro atoms. The maximum atomic E-state index is 8.86. The fraction of sp³-hybridized carbons (Fsp3) is 0.182. The third-order valence-corrected chi connectivity index (χ3v) is 2.24. The van der Waals surface area contributed by atoms with Crippen LogP contribution in [0.15, 0.2) is 18.3 Å². The number of nitrogens with two attached hydrogens (primary N) is 1. The molecule has 2 N–H and O–H groups in total. The Morgan fingerprint density at radius 2 is 2.12 bits per heavy atom. The second-order valence-electron chi connectivity index (χ2n) is 3.61. The second-order valence-corrected chi connectivity index (χ2v) is 3.61. The first-order chi connectivity index (χ1) is 7.60. The van der Waals surface area contributed by atoms with Crippen molar-refractivity contribution in [1.29, 1.82) is 5.26 Å². The molecule has 2 aromatic rings. The van der Waals surface area contributed by atoms with E-state index in [2.05, 4.69) is 16.2 Å². The molecule has 0 saturated heterocycles. The van der Waals surface area contributed by atoms with Crippen LogP contribution in [-0.4, -0.2) is 14.8 Å². The molecule has 0 radical (unpaired) electrons. The van der Waals surface area contributed by atoms with E-state index in [1.54, 1.807) is 23.0 Å². The number of aromatic nitrogens is 3. The van der Waals surface area contributed by atoms with E-state index >= 15 is 0 Å². The van der Waals surface area contributed by atoms with Crippen molar-refractivity contribution in [3.8, 4) is 11.9 Å². The highest BCUT2D eigenvalue weighted by Gasteiger charge is 2.06. The number of nitrogens with zero attached hydrogens (tertiary/aromatic N) is 4. The third-order valence-electron chi connectivity index (χ3n) is 2.24. The van der Waals surface area contributed by atoms with Crippen molar-refractivity contribution >= 4 is 5.82 Å². The third kappa shape index (κ3) is 1.73. The Morgan fingerprint density at radius 3 is 2.69 bits per heavy atom. The molecule has 80 valence electrons. The molecule has 0 atom stereocenters. The first kappa shape index (κ1) is 10.2. The molecule has 0 aliphatic heterocycles. The van der Waals surface area contributed by atoms with Gasteiger partial charge in [0.05, 0.1) is 11.6 Å². The van der Waals surface area contributed by atoms with Crippen molar-refractivity contribution in [3.05, 3.63) is 35.2 Å². The minimum Gasteiger partial charge on any atom is -0.382 e. The summed E-state index contributed by atoms with van der Waals surface area (Å²) in [6.45, 7) is 3.71. The van der Waals surface area contributed by atoms with Gasteiger partial charge in [-0.1, -0.05) is 0 Å². The van der Waals surface area contributed by atoms with Gasteiger partial charge in [0.1, 0.15) is 5.82 Å².